The average molecular weight is 235 g/mol. The molecule has 1 atom stereocenters. The zero-order valence-corrected chi connectivity index (χ0v) is 9.81. The lowest BCUT2D eigenvalue weighted by Gasteiger charge is -2.16. The Morgan fingerprint density at radius 1 is 1.59 bits per heavy atom. The maximum Gasteiger partial charge on any atom is 0.253 e. The Hall–Kier alpha value is -1.59. The van der Waals surface area contributed by atoms with Gasteiger partial charge in [-0.2, -0.15) is 0 Å². The van der Waals surface area contributed by atoms with Crippen LogP contribution in [-0.2, 0) is 0 Å². The number of amides is 1. The van der Waals surface area contributed by atoms with Gasteiger partial charge < -0.3 is 15.4 Å². The highest BCUT2D eigenvalue weighted by Gasteiger charge is 2.25. The number of nitrogens with zero attached hydrogens (tertiary/aromatic N) is 1. The molecule has 0 bridgehead atoms. The van der Waals surface area contributed by atoms with Crippen molar-refractivity contribution in [1.82, 2.24) is 4.90 Å². The number of nitrogens with two attached hydrogens (primary N) is 1. The van der Waals surface area contributed by atoms with E-state index < -0.39 is 0 Å². The smallest absolute Gasteiger partial charge is 0.253 e. The molecule has 1 aliphatic heterocycles. The Balaban J connectivity index is 2.17. The van der Waals surface area contributed by atoms with Crippen molar-refractivity contribution in [3.05, 3.63) is 29.3 Å². The molecule has 1 unspecified atom stereocenters. The third kappa shape index (κ3) is 2.40. The standard InChI is InChI=1S/C12H17N3O2/c1-8-6-9(2-3-11(8)14-13)12(17)15-5-4-10(16)7-15/h2-3,6,10,14,16H,4-5,7,13H2,1H3. The lowest BCUT2D eigenvalue weighted by molar-refractivity contribution is 0.0765. The Morgan fingerprint density at radius 2 is 2.35 bits per heavy atom. The second kappa shape index (κ2) is 4.73. The highest BCUT2D eigenvalue weighted by atomic mass is 16.3. The zero-order valence-electron chi connectivity index (χ0n) is 9.81. The van der Waals surface area contributed by atoms with E-state index in [4.69, 9.17) is 5.84 Å². The maximum absolute atomic E-state index is 12.1. The third-order valence-electron chi connectivity index (χ3n) is 3.08. The summed E-state index contributed by atoms with van der Waals surface area (Å²) < 4.78 is 0. The van der Waals surface area contributed by atoms with E-state index in [1.807, 2.05) is 13.0 Å². The Labute approximate surface area is 100 Å². The molecular weight excluding hydrogens is 218 g/mol. The van der Waals surface area contributed by atoms with Crippen molar-refractivity contribution < 1.29 is 9.90 Å². The van der Waals surface area contributed by atoms with Gasteiger partial charge in [0.2, 0.25) is 0 Å². The Morgan fingerprint density at radius 3 is 2.88 bits per heavy atom. The van der Waals surface area contributed by atoms with Gasteiger partial charge in [0.15, 0.2) is 0 Å². The Bertz CT molecular complexity index is 434. The summed E-state index contributed by atoms with van der Waals surface area (Å²) >= 11 is 0. The molecule has 4 N–H and O–H groups in total. The van der Waals surface area contributed by atoms with Crippen LogP contribution in [0.2, 0.25) is 0 Å². The molecule has 0 saturated carbocycles. The van der Waals surface area contributed by atoms with Crippen molar-refractivity contribution in [2.24, 2.45) is 5.84 Å². The molecule has 5 nitrogen and oxygen atoms in total. The molecule has 5 heteroatoms. The zero-order chi connectivity index (χ0) is 12.4. The predicted molar refractivity (Wildman–Crippen MR) is 65.5 cm³/mol. The molecule has 17 heavy (non-hydrogen) atoms. The summed E-state index contributed by atoms with van der Waals surface area (Å²) in [5.74, 6) is 5.30. The molecule has 0 aliphatic carbocycles. The lowest BCUT2D eigenvalue weighted by atomic mass is 10.1. The molecule has 0 spiro atoms. The quantitative estimate of drug-likeness (QED) is 0.515. The number of hydrogen-bond acceptors (Lipinski definition) is 4. The van der Waals surface area contributed by atoms with Crippen LogP contribution >= 0.6 is 0 Å². The number of aliphatic hydroxyl groups excluding tert-OH is 1. The van der Waals surface area contributed by atoms with Crippen molar-refractivity contribution in [1.29, 1.82) is 0 Å². The molecule has 0 radical (unpaired) electrons. The maximum atomic E-state index is 12.1. The highest BCUT2D eigenvalue weighted by molar-refractivity contribution is 5.95. The monoisotopic (exact) mass is 235 g/mol. The van der Waals surface area contributed by atoms with Crippen LogP contribution in [0.5, 0.6) is 0 Å². The van der Waals surface area contributed by atoms with Gasteiger partial charge in [-0.15, -0.1) is 0 Å². The topological polar surface area (TPSA) is 78.6 Å². The van der Waals surface area contributed by atoms with Crippen LogP contribution in [0.4, 0.5) is 5.69 Å². The van der Waals surface area contributed by atoms with Gasteiger partial charge in [-0.1, -0.05) is 0 Å². The summed E-state index contributed by atoms with van der Waals surface area (Å²) in [6.07, 6.45) is 0.276. The normalized spacial score (nSPS) is 19.5. The van der Waals surface area contributed by atoms with Gasteiger partial charge in [0.1, 0.15) is 0 Å². The van der Waals surface area contributed by atoms with Crippen LogP contribution < -0.4 is 11.3 Å². The van der Waals surface area contributed by atoms with Crippen molar-refractivity contribution in [2.75, 3.05) is 18.5 Å². The number of rotatable bonds is 2. The van der Waals surface area contributed by atoms with Gasteiger partial charge in [0, 0.05) is 18.7 Å². The molecule has 1 fully saturated rings. The Kier molecular flexibility index (Phi) is 3.31. The number of carbonyl (C=O) groups is 1. The minimum atomic E-state index is -0.384. The van der Waals surface area contributed by atoms with Crippen molar-refractivity contribution in [2.45, 2.75) is 19.4 Å². The van der Waals surface area contributed by atoms with Crippen LogP contribution in [0.25, 0.3) is 0 Å². The molecule has 2 rings (SSSR count). The summed E-state index contributed by atoms with van der Waals surface area (Å²) in [5, 5.41) is 9.41. The van der Waals surface area contributed by atoms with E-state index in [1.165, 1.54) is 0 Å². The van der Waals surface area contributed by atoms with E-state index in [-0.39, 0.29) is 12.0 Å². The van der Waals surface area contributed by atoms with Gasteiger partial charge in [-0.25, -0.2) is 0 Å². The van der Waals surface area contributed by atoms with Crippen LogP contribution in [0.1, 0.15) is 22.3 Å². The fourth-order valence-electron chi connectivity index (χ4n) is 2.07. The fraction of sp³-hybridized carbons (Fsp3) is 0.417. The second-order valence-electron chi connectivity index (χ2n) is 4.37. The van der Waals surface area contributed by atoms with Crippen LogP contribution in [-0.4, -0.2) is 35.1 Å². The highest BCUT2D eigenvalue weighted by Crippen LogP contribution is 2.18. The predicted octanol–water partition coefficient (Wildman–Crippen LogP) is 0.487. The number of hydrazine groups is 1. The minimum Gasteiger partial charge on any atom is -0.391 e. The van der Waals surface area contributed by atoms with Gasteiger partial charge >= 0.3 is 0 Å². The van der Waals surface area contributed by atoms with E-state index in [9.17, 15) is 9.90 Å². The molecule has 1 amide bonds. The molecule has 1 aliphatic rings. The number of β-amino-alcohol motifs (C(OH)–C–C–N with tert-alkyl or cyclic N) is 1. The van der Waals surface area contributed by atoms with Crippen LogP contribution in [0, 0.1) is 6.92 Å². The number of nitrogens with one attached hydrogen (secondary N) is 1. The molecule has 1 saturated heterocycles. The van der Waals surface area contributed by atoms with Crippen LogP contribution in [0.3, 0.4) is 0 Å². The van der Waals surface area contributed by atoms with E-state index in [0.717, 1.165) is 11.3 Å². The fourth-order valence-corrected chi connectivity index (χ4v) is 2.07. The molecule has 0 aromatic heterocycles. The number of anilines is 1. The van der Waals surface area contributed by atoms with Gasteiger partial charge in [-0.05, 0) is 37.1 Å². The summed E-state index contributed by atoms with van der Waals surface area (Å²) in [6.45, 7) is 2.94. The first-order valence-electron chi connectivity index (χ1n) is 5.66. The van der Waals surface area contributed by atoms with Crippen molar-refractivity contribution in [3.63, 3.8) is 0 Å². The SMILES string of the molecule is Cc1cc(C(=O)N2CCC(O)C2)ccc1NN. The second-order valence-corrected chi connectivity index (χ2v) is 4.37. The first-order chi connectivity index (χ1) is 8.11. The summed E-state index contributed by atoms with van der Waals surface area (Å²) in [5.41, 5.74) is 4.95. The number of aliphatic hydroxyl groups is 1. The largest absolute Gasteiger partial charge is 0.391 e. The van der Waals surface area contributed by atoms with Crippen molar-refractivity contribution >= 4 is 11.6 Å². The van der Waals surface area contributed by atoms with Gasteiger partial charge in [-0.3, -0.25) is 10.6 Å². The number of benzene rings is 1. The molecular formula is C12H17N3O2. The number of aryl methyl sites for hydroxylation is 1. The number of likely N-dealkylation sites (tertiary alicyclic amines) is 1. The minimum absolute atomic E-state index is 0.0341. The summed E-state index contributed by atoms with van der Waals surface area (Å²) in [4.78, 5) is 13.8. The number of nitrogen functional groups attached to an aromatic ring is 1. The van der Waals surface area contributed by atoms with Crippen LogP contribution in [0.15, 0.2) is 18.2 Å². The number of carbonyl (C=O) groups excluding carboxylic acids is 1. The summed E-state index contributed by atoms with van der Waals surface area (Å²) in [7, 11) is 0. The van der Waals surface area contributed by atoms with E-state index in [0.29, 0.717) is 25.1 Å². The number of hydrogen-bond donors (Lipinski definition) is 3. The van der Waals surface area contributed by atoms with E-state index in [2.05, 4.69) is 5.43 Å². The first-order valence-corrected chi connectivity index (χ1v) is 5.66. The molecule has 92 valence electrons. The van der Waals surface area contributed by atoms with Crippen molar-refractivity contribution in [3.8, 4) is 0 Å². The average Bonchev–Trinajstić information content (AvgIpc) is 2.75. The first kappa shape index (κ1) is 11.9. The van der Waals surface area contributed by atoms with Gasteiger partial charge in [0.05, 0.1) is 11.8 Å². The lowest BCUT2D eigenvalue weighted by Crippen LogP contribution is -2.29. The third-order valence-corrected chi connectivity index (χ3v) is 3.08. The van der Waals surface area contributed by atoms with E-state index in [1.54, 1.807) is 17.0 Å². The molecule has 1 aromatic carbocycles. The van der Waals surface area contributed by atoms with E-state index >= 15 is 0 Å². The summed E-state index contributed by atoms with van der Waals surface area (Å²) in [6, 6.07) is 5.34. The molecule has 1 heterocycles. The molecule has 1 aromatic rings. The van der Waals surface area contributed by atoms with Gasteiger partial charge in [0.25, 0.3) is 5.91 Å².